The first-order valence-corrected chi connectivity index (χ1v) is 10.4. The second-order valence-corrected chi connectivity index (χ2v) is 8.38. The number of nitrogens with one attached hydrogen (secondary N) is 1. The number of carbonyl (C=O) groups is 1. The molecule has 4 rings (SSSR count). The van der Waals surface area contributed by atoms with Gasteiger partial charge in [-0.3, -0.25) is 9.89 Å². The first kappa shape index (κ1) is 20.2. The minimum absolute atomic E-state index is 0.146. The van der Waals surface area contributed by atoms with Crippen molar-refractivity contribution in [1.82, 2.24) is 25.0 Å². The van der Waals surface area contributed by atoms with E-state index in [1.165, 1.54) is 23.5 Å². The van der Waals surface area contributed by atoms with Crippen LogP contribution in [0, 0.1) is 5.82 Å². The number of carbonyl (C=O) groups excluding carboxylic acids is 1. The Labute approximate surface area is 178 Å². The van der Waals surface area contributed by atoms with Crippen LogP contribution in [0.1, 0.15) is 15.4 Å². The molecule has 0 radical (unpaired) electrons. The molecule has 0 bridgehead atoms. The summed E-state index contributed by atoms with van der Waals surface area (Å²) < 4.78 is 14.6. The van der Waals surface area contributed by atoms with E-state index in [9.17, 15) is 9.18 Å². The smallest absolute Gasteiger partial charge is 0.283 e. The summed E-state index contributed by atoms with van der Waals surface area (Å²) in [5.74, 6) is -0.452. The van der Waals surface area contributed by atoms with Gasteiger partial charge in [0.05, 0.1) is 16.4 Å². The van der Waals surface area contributed by atoms with Crippen molar-refractivity contribution >= 4 is 27.5 Å². The number of fused-ring (bicyclic) bond motifs is 1. The highest BCUT2D eigenvalue weighted by Crippen LogP contribution is 2.28. The molecular weight excluding hydrogens is 401 g/mol. The summed E-state index contributed by atoms with van der Waals surface area (Å²) in [6.45, 7) is 1.57. The Morgan fingerprint density at radius 2 is 2.00 bits per heavy atom. The molecule has 0 saturated carbocycles. The first-order chi connectivity index (χ1) is 14.5. The number of amides is 1. The fourth-order valence-electron chi connectivity index (χ4n) is 3.17. The lowest BCUT2D eigenvalue weighted by molar-refractivity contribution is 0.0731. The molecule has 0 aliphatic rings. The molecule has 1 N–H and O–H groups in total. The third-order valence-corrected chi connectivity index (χ3v) is 5.78. The van der Waals surface area contributed by atoms with Gasteiger partial charge in [-0.1, -0.05) is 18.2 Å². The molecule has 0 atom stereocenters. The number of likely N-dealkylation sites (N-methyl/N-ethyl adjacent to an activating group) is 1. The van der Waals surface area contributed by atoms with Gasteiger partial charge in [-0.2, -0.15) is 5.10 Å². The van der Waals surface area contributed by atoms with Crippen molar-refractivity contribution in [1.29, 1.82) is 0 Å². The summed E-state index contributed by atoms with van der Waals surface area (Å²) in [7, 11) is 3.92. The standard InChI is InChI=1S/C22H22FN5OS/c1-27(2)8-9-28(14-15-4-3-5-18(23)10-15)22(29)21-26-19-7-6-16(11-20(19)30-21)17-12-24-25-13-17/h3-7,10-13H,8-9,14H2,1-2H3,(H,24,25). The van der Waals surface area contributed by atoms with Crippen LogP contribution in [0.5, 0.6) is 0 Å². The lowest BCUT2D eigenvalue weighted by atomic mass is 10.1. The molecule has 0 saturated heterocycles. The highest BCUT2D eigenvalue weighted by molar-refractivity contribution is 7.20. The van der Waals surface area contributed by atoms with Gasteiger partial charge < -0.3 is 9.80 Å². The molecule has 2 aromatic heterocycles. The number of H-pyrrole nitrogens is 1. The van der Waals surface area contributed by atoms with Crippen molar-refractivity contribution in [3.63, 3.8) is 0 Å². The number of aromatic nitrogens is 3. The van der Waals surface area contributed by atoms with Gasteiger partial charge in [0.25, 0.3) is 5.91 Å². The fraction of sp³-hybridized carbons (Fsp3) is 0.227. The zero-order valence-corrected chi connectivity index (χ0v) is 17.6. The van der Waals surface area contributed by atoms with E-state index < -0.39 is 0 Å². The van der Waals surface area contributed by atoms with Gasteiger partial charge in [-0.25, -0.2) is 9.37 Å². The van der Waals surface area contributed by atoms with Crippen LogP contribution >= 0.6 is 11.3 Å². The second kappa shape index (κ2) is 8.73. The van der Waals surface area contributed by atoms with Crippen molar-refractivity contribution in [3.8, 4) is 11.1 Å². The maximum Gasteiger partial charge on any atom is 0.283 e. The van der Waals surface area contributed by atoms with E-state index in [1.54, 1.807) is 17.2 Å². The predicted octanol–water partition coefficient (Wildman–Crippen LogP) is 4.03. The van der Waals surface area contributed by atoms with Crippen molar-refractivity contribution < 1.29 is 9.18 Å². The van der Waals surface area contributed by atoms with E-state index in [1.807, 2.05) is 49.5 Å². The van der Waals surface area contributed by atoms with E-state index in [2.05, 4.69) is 15.2 Å². The zero-order valence-electron chi connectivity index (χ0n) is 16.8. The van der Waals surface area contributed by atoms with Gasteiger partial charge in [0.2, 0.25) is 0 Å². The van der Waals surface area contributed by atoms with Gasteiger partial charge in [0.15, 0.2) is 5.01 Å². The topological polar surface area (TPSA) is 65.1 Å². The van der Waals surface area contributed by atoms with Crippen LogP contribution in [0.4, 0.5) is 4.39 Å². The minimum Gasteiger partial charge on any atom is -0.331 e. The SMILES string of the molecule is CN(C)CCN(Cc1cccc(F)c1)C(=O)c1nc2ccc(-c3cn[nH]c3)cc2s1. The van der Waals surface area contributed by atoms with Crippen LogP contribution < -0.4 is 0 Å². The lowest BCUT2D eigenvalue weighted by Gasteiger charge is -2.23. The number of thiazole rings is 1. The average molecular weight is 424 g/mol. The number of nitrogens with zero attached hydrogens (tertiary/aromatic N) is 4. The van der Waals surface area contributed by atoms with E-state index >= 15 is 0 Å². The quantitative estimate of drug-likeness (QED) is 0.487. The van der Waals surface area contributed by atoms with Crippen molar-refractivity contribution in [3.05, 3.63) is 71.2 Å². The summed E-state index contributed by atoms with van der Waals surface area (Å²) in [6.07, 6.45) is 3.59. The van der Waals surface area contributed by atoms with Crippen molar-refractivity contribution in [2.45, 2.75) is 6.54 Å². The van der Waals surface area contributed by atoms with Crippen LogP contribution in [0.15, 0.2) is 54.9 Å². The summed E-state index contributed by atoms with van der Waals surface area (Å²) in [5, 5.41) is 7.23. The van der Waals surface area contributed by atoms with Crippen LogP contribution in [-0.2, 0) is 6.54 Å². The van der Waals surface area contributed by atoms with Crippen LogP contribution in [0.25, 0.3) is 21.3 Å². The zero-order chi connectivity index (χ0) is 21.1. The summed E-state index contributed by atoms with van der Waals surface area (Å²) in [6, 6.07) is 12.3. The molecule has 30 heavy (non-hydrogen) atoms. The second-order valence-electron chi connectivity index (χ2n) is 7.35. The Bertz CT molecular complexity index is 1160. The number of halogens is 1. The molecule has 2 heterocycles. The molecule has 2 aromatic carbocycles. The van der Waals surface area contributed by atoms with E-state index in [4.69, 9.17) is 0 Å². The number of benzene rings is 2. The van der Waals surface area contributed by atoms with E-state index in [0.29, 0.717) is 24.6 Å². The molecule has 0 fully saturated rings. The fourth-order valence-corrected chi connectivity index (χ4v) is 4.14. The normalized spacial score (nSPS) is 11.3. The molecule has 154 valence electrons. The third-order valence-electron chi connectivity index (χ3n) is 4.77. The van der Waals surface area contributed by atoms with Gasteiger partial charge in [0, 0.05) is 31.4 Å². The Balaban J connectivity index is 1.61. The Kier molecular flexibility index (Phi) is 5.87. The molecule has 1 amide bonds. The molecular formula is C22H22FN5OS. The Morgan fingerprint density at radius 1 is 1.13 bits per heavy atom. The average Bonchev–Trinajstić information content (AvgIpc) is 3.39. The number of hydrogen-bond acceptors (Lipinski definition) is 5. The number of rotatable bonds is 7. The molecule has 0 unspecified atom stereocenters. The minimum atomic E-state index is -0.306. The summed E-state index contributed by atoms with van der Waals surface area (Å²) >= 11 is 1.37. The van der Waals surface area contributed by atoms with Gasteiger partial charge in [0.1, 0.15) is 5.82 Å². The molecule has 0 spiro atoms. The van der Waals surface area contributed by atoms with Gasteiger partial charge in [-0.15, -0.1) is 11.3 Å². The lowest BCUT2D eigenvalue weighted by Crippen LogP contribution is -2.36. The maximum absolute atomic E-state index is 13.6. The summed E-state index contributed by atoms with van der Waals surface area (Å²) in [5.41, 5.74) is 3.54. The van der Waals surface area contributed by atoms with Crippen LogP contribution in [-0.4, -0.2) is 58.1 Å². The number of hydrogen-bond donors (Lipinski definition) is 1. The monoisotopic (exact) mass is 423 g/mol. The molecule has 4 aromatic rings. The Morgan fingerprint density at radius 3 is 2.73 bits per heavy atom. The van der Waals surface area contributed by atoms with E-state index in [0.717, 1.165) is 26.9 Å². The van der Waals surface area contributed by atoms with E-state index in [-0.39, 0.29) is 11.7 Å². The number of aromatic amines is 1. The highest BCUT2D eigenvalue weighted by atomic mass is 32.1. The predicted molar refractivity (Wildman–Crippen MR) is 117 cm³/mol. The molecule has 6 nitrogen and oxygen atoms in total. The maximum atomic E-state index is 13.6. The van der Waals surface area contributed by atoms with Gasteiger partial charge >= 0.3 is 0 Å². The highest BCUT2D eigenvalue weighted by Gasteiger charge is 2.21. The first-order valence-electron chi connectivity index (χ1n) is 9.58. The van der Waals surface area contributed by atoms with Gasteiger partial charge in [-0.05, 0) is 49.5 Å². The largest absolute Gasteiger partial charge is 0.331 e. The molecule has 0 aliphatic heterocycles. The van der Waals surface area contributed by atoms with Crippen LogP contribution in [0.3, 0.4) is 0 Å². The summed E-state index contributed by atoms with van der Waals surface area (Å²) in [4.78, 5) is 21.6. The Hall–Kier alpha value is -3.10. The van der Waals surface area contributed by atoms with Crippen molar-refractivity contribution in [2.24, 2.45) is 0 Å². The third kappa shape index (κ3) is 4.55. The van der Waals surface area contributed by atoms with Crippen molar-refractivity contribution in [2.75, 3.05) is 27.2 Å². The molecule has 8 heteroatoms. The molecule has 0 aliphatic carbocycles. The van der Waals surface area contributed by atoms with Crippen LogP contribution in [0.2, 0.25) is 0 Å².